The van der Waals surface area contributed by atoms with Crippen LogP contribution in [0.3, 0.4) is 0 Å². The van der Waals surface area contributed by atoms with Crippen LogP contribution >= 0.6 is 0 Å². The number of ether oxygens (including phenoxy) is 1. The van der Waals surface area contributed by atoms with Crippen LogP contribution in [-0.2, 0) is 9.53 Å². The van der Waals surface area contributed by atoms with E-state index in [2.05, 4.69) is 0 Å². The Bertz CT molecular complexity index is 225. The van der Waals surface area contributed by atoms with Crippen LogP contribution in [0.1, 0.15) is 19.8 Å². The van der Waals surface area contributed by atoms with Gasteiger partial charge in [-0.2, -0.15) is 0 Å². The van der Waals surface area contributed by atoms with Crippen molar-refractivity contribution in [3.05, 3.63) is 0 Å². The number of hydrogen-bond donors (Lipinski definition) is 2. The van der Waals surface area contributed by atoms with Gasteiger partial charge in [-0.05, 0) is 26.8 Å². The number of nitrogens with two attached hydrogens (primary N) is 2. The van der Waals surface area contributed by atoms with Gasteiger partial charge in [-0.25, -0.2) is 0 Å². The van der Waals surface area contributed by atoms with Crippen LogP contribution in [0.5, 0.6) is 0 Å². The fraction of sp³-hybridized carbons (Fsp3) is 0.900. The van der Waals surface area contributed by atoms with Gasteiger partial charge in [0, 0.05) is 19.7 Å². The van der Waals surface area contributed by atoms with Gasteiger partial charge in [-0.3, -0.25) is 4.79 Å². The summed E-state index contributed by atoms with van der Waals surface area (Å²) in [6, 6.07) is 0. The zero-order valence-corrected chi connectivity index (χ0v) is 9.53. The molecular formula is C10H21N3O2. The Morgan fingerprint density at radius 1 is 1.67 bits per heavy atom. The Morgan fingerprint density at radius 2 is 2.33 bits per heavy atom. The summed E-state index contributed by atoms with van der Waals surface area (Å²) >= 11 is 0. The molecular weight excluding hydrogens is 194 g/mol. The van der Waals surface area contributed by atoms with Gasteiger partial charge in [0.2, 0.25) is 5.91 Å². The Kier molecular flexibility index (Phi) is 4.07. The molecule has 0 bridgehead atoms. The second-order valence-corrected chi connectivity index (χ2v) is 4.61. The number of carbonyl (C=O) groups is 1. The Labute approximate surface area is 90.7 Å². The minimum Gasteiger partial charge on any atom is -0.377 e. The molecule has 0 aromatic rings. The third-order valence-electron chi connectivity index (χ3n) is 2.70. The zero-order valence-electron chi connectivity index (χ0n) is 9.53. The summed E-state index contributed by atoms with van der Waals surface area (Å²) in [6.45, 7) is 3.76. The molecule has 5 heteroatoms. The van der Waals surface area contributed by atoms with Crippen molar-refractivity contribution in [1.29, 1.82) is 0 Å². The molecule has 4 N–H and O–H groups in total. The van der Waals surface area contributed by atoms with E-state index in [-0.39, 0.29) is 6.10 Å². The maximum Gasteiger partial charge on any atom is 0.238 e. The van der Waals surface area contributed by atoms with E-state index in [0.29, 0.717) is 6.54 Å². The fourth-order valence-electron chi connectivity index (χ4n) is 1.84. The van der Waals surface area contributed by atoms with Gasteiger partial charge in [0.1, 0.15) is 5.54 Å². The van der Waals surface area contributed by atoms with Crippen molar-refractivity contribution in [2.75, 3.05) is 26.7 Å². The van der Waals surface area contributed by atoms with Crippen LogP contribution in [-0.4, -0.2) is 49.2 Å². The summed E-state index contributed by atoms with van der Waals surface area (Å²) in [5.74, 6) is -0.471. The number of rotatable bonds is 5. The largest absolute Gasteiger partial charge is 0.377 e. The summed E-state index contributed by atoms with van der Waals surface area (Å²) < 4.78 is 5.50. The molecule has 1 aliphatic rings. The summed E-state index contributed by atoms with van der Waals surface area (Å²) in [5.41, 5.74) is 10.0. The molecule has 1 aliphatic heterocycles. The molecule has 88 valence electrons. The first kappa shape index (κ1) is 12.4. The third-order valence-corrected chi connectivity index (χ3v) is 2.70. The first-order valence-corrected chi connectivity index (χ1v) is 5.31. The second kappa shape index (κ2) is 4.92. The van der Waals surface area contributed by atoms with Crippen LogP contribution in [0.2, 0.25) is 0 Å². The van der Waals surface area contributed by atoms with E-state index in [1.165, 1.54) is 0 Å². The number of amides is 1. The van der Waals surface area contributed by atoms with E-state index >= 15 is 0 Å². The summed E-state index contributed by atoms with van der Waals surface area (Å²) in [5, 5.41) is 0. The van der Waals surface area contributed by atoms with Crippen LogP contribution in [0.15, 0.2) is 0 Å². The Balaban J connectivity index is 2.34. The minimum absolute atomic E-state index is 0.277. The first-order chi connectivity index (χ1) is 6.92. The summed E-state index contributed by atoms with van der Waals surface area (Å²) in [7, 11) is 1.93. The Hall–Kier alpha value is -0.650. The normalized spacial score (nSPS) is 25.5. The monoisotopic (exact) mass is 215 g/mol. The van der Waals surface area contributed by atoms with E-state index in [9.17, 15) is 4.79 Å². The molecule has 1 heterocycles. The molecule has 1 saturated heterocycles. The quantitative estimate of drug-likeness (QED) is 0.635. The van der Waals surface area contributed by atoms with E-state index in [0.717, 1.165) is 26.0 Å². The van der Waals surface area contributed by atoms with Gasteiger partial charge in [0.15, 0.2) is 0 Å². The standard InChI is InChI=1S/C10H21N3O2/c1-10(12,9(11)14)7-13(2)6-8-4-3-5-15-8/h8H,3-7,12H2,1-2H3,(H2,11,14). The molecule has 0 saturated carbocycles. The second-order valence-electron chi connectivity index (χ2n) is 4.61. The van der Waals surface area contributed by atoms with Crippen molar-refractivity contribution >= 4 is 5.91 Å². The highest BCUT2D eigenvalue weighted by molar-refractivity contribution is 5.84. The van der Waals surface area contributed by atoms with Crippen LogP contribution in [0.25, 0.3) is 0 Å². The smallest absolute Gasteiger partial charge is 0.238 e. The van der Waals surface area contributed by atoms with E-state index in [1.807, 2.05) is 11.9 Å². The summed E-state index contributed by atoms with van der Waals surface area (Å²) in [6.07, 6.45) is 2.48. The molecule has 2 unspecified atom stereocenters. The van der Waals surface area contributed by atoms with Crippen molar-refractivity contribution in [1.82, 2.24) is 4.90 Å². The van der Waals surface area contributed by atoms with Crippen molar-refractivity contribution in [2.45, 2.75) is 31.4 Å². The van der Waals surface area contributed by atoms with Crippen LogP contribution in [0.4, 0.5) is 0 Å². The van der Waals surface area contributed by atoms with Crippen LogP contribution in [0, 0.1) is 0 Å². The predicted molar refractivity (Wildman–Crippen MR) is 58.3 cm³/mol. The number of likely N-dealkylation sites (N-methyl/N-ethyl adjacent to an activating group) is 1. The highest BCUT2D eigenvalue weighted by Crippen LogP contribution is 2.13. The van der Waals surface area contributed by atoms with Gasteiger partial charge in [-0.1, -0.05) is 0 Å². The SMILES string of the molecule is CN(CC1CCCO1)CC(C)(N)C(N)=O. The Morgan fingerprint density at radius 3 is 2.80 bits per heavy atom. The van der Waals surface area contributed by atoms with Crippen molar-refractivity contribution < 1.29 is 9.53 Å². The molecule has 2 atom stereocenters. The summed E-state index contributed by atoms with van der Waals surface area (Å²) in [4.78, 5) is 13.0. The average Bonchev–Trinajstić information content (AvgIpc) is 2.54. The number of hydrogen-bond acceptors (Lipinski definition) is 4. The molecule has 0 radical (unpaired) electrons. The average molecular weight is 215 g/mol. The molecule has 1 fully saturated rings. The minimum atomic E-state index is -0.965. The van der Waals surface area contributed by atoms with Gasteiger partial charge < -0.3 is 21.1 Å². The zero-order chi connectivity index (χ0) is 11.5. The lowest BCUT2D eigenvalue weighted by Gasteiger charge is -2.28. The highest BCUT2D eigenvalue weighted by Gasteiger charge is 2.28. The molecule has 15 heavy (non-hydrogen) atoms. The molecule has 0 aliphatic carbocycles. The maximum absolute atomic E-state index is 11.0. The third kappa shape index (κ3) is 3.77. The van der Waals surface area contributed by atoms with Crippen molar-refractivity contribution in [2.24, 2.45) is 11.5 Å². The predicted octanol–water partition coefficient (Wildman–Crippen LogP) is -0.700. The number of carbonyl (C=O) groups excluding carboxylic acids is 1. The topological polar surface area (TPSA) is 81.6 Å². The van der Waals surface area contributed by atoms with Gasteiger partial charge in [-0.15, -0.1) is 0 Å². The number of primary amides is 1. The van der Waals surface area contributed by atoms with Crippen molar-refractivity contribution in [3.63, 3.8) is 0 Å². The fourth-order valence-corrected chi connectivity index (χ4v) is 1.84. The lowest BCUT2D eigenvalue weighted by molar-refractivity contribution is -0.123. The first-order valence-electron chi connectivity index (χ1n) is 5.31. The lowest BCUT2D eigenvalue weighted by atomic mass is 10.0. The van der Waals surface area contributed by atoms with E-state index in [1.54, 1.807) is 6.92 Å². The molecule has 5 nitrogen and oxygen atoms in total. The highest BCUT2D eigenvalue weighted by atomic mass is 16.5. The lowest BCUT2D eigenvalue weighted by Crippen LogP contribution is -2.56. The number of nitrogens with zero attached hydrogens (tertiary/aromatic N) is 1. The van der Waals surface area contributed by atoms with Gasteiger partial charge in [0.25, 0.3) is 0 Å². The molecule has 0 aromatic carbocycles. The maximum atomic E-state index is 11.0. The van der Waals surface area contributed by atoms with Gasteiger partial charge in [0.05, 0.1) is 6.10 Å². The van der Waals surface area contributed by atoms with Crippen molar-refractivity contribution in [3.8, 4) is 0 Å². The van der Waals surface area contributed by atoms with E-state index < -0.39 is 11.4 Å². The molecule has 0 spiro atoms. The molecule has 1 rings (SSSR count). The molecule has 0 aromatic heterocycles. The molecule has 1 amide bonds. The van der Waals surface area contributed by atoms with Gasteiger partial charge >= 0.3 is 0 Å². The van der Waals surface area contributed by atoms with E-state index in [4.69, 9.17) is 16.2 Å². The van der Waals surface area contributed by atoms with Crippen LogP contribution < -0.4 is 11.5 Å².